The van der Waals surface area contributed by atoms with Crippen molar-refractivity contribution < 1.29 is 9.53 Å². The van der Waals surface area contributed by atoms with Gasteiger partial charge < -0.3 is 15.0 Å². The molecule has 0 radical (unpaired) electrons. The van der Waals surface area contributed by atoms with Gasteiger partial charge in [-0.15, -0.1) is 0 Å². The highest BCUT2D eigenvalue weighted by molar-refractivity contribution is 5.93. The summed E-state index contributed by atoms with van der Waals surface area (Å²) < 4.78 is 8.38. The van der Waals surface area contributed by atoms with Gasteiger partial charge in [0.2, 0.25) is 0 Å². The van der Waals surface area contributed by atoms with Gasteiger partial charge in [-0.05, 0) is 17.2 Å². The van der Waals surface area contributed by atoms with Gasteiger partial charge in [0.15, 0.2) is 0 Å². The Morgan fingerprint density at radius 3 is 2.42 bits per heavy atom. The number of aromatic nitrogens is 3. The van der Waals surface area contributed by atoms with Crippen LogP contribution in [-0.2, 0) is 24.4 Å². The molecule has 2 heterocycles. The van der Waals surface area contributed by atoms with Crippen molar-refractivity contribution in [3.63, 3.8) is 0 Å². The summed E-state index contributed by atoms with van der Waals surface area (Å²) in [6.45, 7) is 1.26. The Hall–Kier alpha value is -3.19. The number of nitrogens with zero attached hydrogens (tertiary/aromatic N) is 3. The molecular formula is C19H20N4O3. The average molecular weight is 352 g/mol. The number of benzene rings is 1. The largest absolute Gasteiger partial charge is 0.378 e. The predicted octanol–water partition coefficient (Wildman–Crippen LogP) is 1.39. The topological polar surface area (TPSA) is 92.1 Å². The van der Waals surface area contributed by atoms with Gasteiger partial charge in [-0.3, -0.25) is 14.3 Å². The van der Waals surface area contributed by atoms with E-state index < -0.39 is 5.91 Å². The molecule has 2 aromatic heterocycles. The van der Waals surface area contributed by atoms with E-state index in [4.69, 9.17) is 10.5 Å². The Kier molecular flexibility index (Phi) is 5.28. The molecule has 0 unspecified atom stereocenters. The van der Waals surface area contributed by atoms with E-state index in [0.717, 1.165) is 11.1 Å². The summed E-state index contributed by atoms with van der Waals surface area (Å²) in [7, 11) is 1.54. The van der Waals surface area contributed by atoms with Gasteiger partial charge in [-0.25, -0.2) is 0 Å². The molecule has 134 valence electrons. The maximum Gasteiger partial charge on any atom is 0.252 e. The van der Waals surface area contributed by atoms with E-state index in [2.05, 4.69) is 5.10 Å². The number of amides is 1. The molecule has 1 aromatic carbocycles. The fraction of sp³-hybridized carbons (Fsp3) is 0.211. The predicted molar refractivity (Wildman–Crippen MR) is 96.8 cm³/mol. The molecule has 0 saturated carbocycles. The van der Waals surface area contributed by atoms with Crippen LogP contribution in [0.25, 0.3) is 0 Å². The van der Waals surface area contributed by atoms with Crippen LogP contribution in [0, 0.1) is 0 Å². The number of methoxy groups -OCH3 is 1. The number of carbonyl (C=O) groups is 1. The third-order valence-electron chi connectivity index (χ3n) is 4.00. The SMILES string of the molecule is COCc1nn(Cc2ccc(Cn3ccccc3=O)cc2)cc1C(N)=O. The summed E-state index contributed by atoms with van der Waals surface area (Å²) in [5.74, 6) is -0.521. The van der Waals surface area contributed by atoms with Crippen molar-refractivity contribution in [2.24, 2.45) is 5.73 Å². The number of rotatable bonds is 7. The summed E-state index contributed by atoms with van der Waals surface area (Å²) in [5, 5.41) is 4.36. The lowest BCUT2D eigenvalue weighted by Gasteiger charge is -2.07. The smallest absolute Gasteiger partial charge is 0.252 e. The average Bonchev–Trinajstić information content (AvgIpc) is 3.02. The zero-order valence-corrected chi connectivity index (χ0v) is 14.5. The van der Waals surface area contributed by atoms with E-state index in [1.54, 1.807) is 40.9 Å². The second-order valence-electron chi connectivity index (χ2n) is 5.97. The molecule has 0 bridgehead atoms. The molecule has 2 N–H and O–H groups in total. The summed E-state index contributed by atoms with van der Waals surface area (Å²) in [6, 6.07) is 13.0. The van der Waals surface area contributed by atoms with Crippen molar-refractivity contribution in [3.05, 3.63) is 87.6 Å². The highest BCUT2D eigenvalue weighted by Crippen LogP contribution is 2.11. The van der Waals surface area contributed by atoms with Crippen LogP contribution in [0.4, 0.5) is 0 Å². The number of carbonyl (C=O) groups excluding carboxylic acids is 1. The van der Waals surface area contributed by atoms with Crippen LogP contribution in [0.5, 0.6) is 0 Å². The van der Waals surface area contributed by atoms with Gasteiger partial charge >= 0.3 is 0 Å². The van der Waals surface area contributed by atoms with Gasteiger partial charge in [0.1, 0.15) is 5.69 Å². The van der Waals surface area contributed by atoms with E-state index in [1.165, 1.54) is 0 Å². The Morgan fingerprint density at radius 1 is 1.12 bits per heavy atom. The molecule has 0 aliphatic carbocycles. The molecule has 7 heteroatoms. The van der Waals surface area contributed by atoms with E-state index in [9.17, 15) is 9.59 Å². The molecule has 7 nitrogen and oxygen atoms in total. The number of primary amides is 1. The van der Waals surface area contributed by atoms with E-state index >= 15 is 0 Å². The van der Waals surface area contributed by atoms with Crippen LogP contribution in [0.1, 0.15) is 27.2 Å². The van der Waals surface area contributed by atoms with Gasteiger partial charge in [0, 0.05) is 25.6 Å². The molecule has 0 saturated heterocycles. The first-order valence-corrected chi connectivity index (χ1v) is 8.15. The Bertz CT molecular complexity index is 957. The first-order chi connectivity index (χ1) is 12.6. The summed E-state index contributed by atoms with van der Waals surface area (Å²) in [4.78, 5) is 23.3. The molecule has 0 aliphatic heterocycles. The summed E-state index contributed by atoms with van der Waals surface area (Å²) in [5.41, 5.74) is 8.30. The summed E-state index contributed by atoms with van der Waals surface area (Å²) in [6.07, 6.45) is 3.40. The standard InChI is InChI=1S/C19H20N4O3/c1-26-13-17-16(19(20)25)12-23(21-17)11-15-7-5-14(6-8-15)10-22-9-3-2-4-18(22)24/h2-9,12H,10-11,13H2,1H3,(H2,20,25). The zero-order valence-electron chi connectivity index (χ0n) is 14.5. The fourth-order valence-electron chi connectivity index (χ4n) is 2.72. The number of hydrogen-bond acceptors (Lipinski definition) is 4. The van der Waals surface area contributed by atoms with Crippen molar-refractivity contribution in [1.82, 2.24) is 14.3 Å². The van der Waals surface area contributed by atoms with Crippen molar-refractivity contribution in [1.29, 1.82) is 0 Å². The van der Waals surface area contributed by atoms with Gasteiger partial charge in [-0.2, -0.15) is 5.10 Å². The number of pyridine rings is 1. The van der Waals surface area contributed by atoms with Gasteiger partial charge in [-0.1, -0.05) is 30.3 Å². The number of nitrogens with two attached hydrogens (primary N) is 1. The first kappa shape index (κ1) is 17.6. The third-order valence-corrected chi connectivity index (χ3v) is 4.00. The minimum atomic E-state index is -0.521. The van der Waals surface area contributed by atoms with E-state index in [-0.39, 0.29) is 12.2 Å². The first-order valence-electron chi connectivity index (χ1n) is 8.15. The van der Waals surface area contributed by atoms with Crippen LogP contribution in [-0.4, -0.2) is 27.4 Å². The van der Waals surface area contributed by atoms with Gasteiger partial charge in [0.05, 0.1) is 25.3 Å². The molecule has 0 atom stereocenters. The Morgan fingerprint density at radius 2 is 1.81 bits per heavy atom. The highest BCUT2D eigenvalue weighted by Gasteiger charge is 2.13. The molecular weight excluding hydrogens is 332 g/mol. The van der Waals surface area contributed by atoms with Crippen LogP contribution < -0.4 is 11.3 Å². The molecule has 3 aromatic rings. The highest BCUT2D eigenvalue weighted by atomic mass is 16.5. The van der Waals surface area contributed by atoms with E-state index in [0.29, 0.717) is 24.3 Å². The van der Waals surface area contributed by atoms with Gasteiger partial charge in [0.25, 0.3) is 11.5 Å². The van der Waals surface area contributed by atoms with Crippen molar-refractivity contribution in [3.8, 4) is 0 Å². The van der Waals surface area contributed by atoms with Crippen molar-refractivity contribution in [2.45, 2.75) is 19.7 Å². The van der Waals surface area contributed by atoms with Crippen LogP contribution in [0.15, 0.2) is 59.7 Å². The maximum atomic E-state index is 11.8. The van der Waals surface area contributed by atoms with Crippen LogP contribution in [0.3, 0.4) is 0 Å². The zero-order chi connectivity index (χ0) is 18.5. The third kappa shape index (κ3) is 4.07. The number of hydrogen-bond donors (Lipinski definition) is 1. The molecule has 1 amide bonds. The van der Waals surface area contributed by atoms with Crippen LogP contribution in [0.2, 0.25) is 0 Å². The second kappa shape index (κ2) is 7.79. The molecule has 26 heavy (non-hydrogen) atoms. The Labute approximate surface area is 150 Å². The van der Waals surface area contributed by atoms with E-state index in [1.807, 2.05) is 30.3 Å². The van der Waals surface area contributed by atoms with Crippen LogP contribution >= 0.6 is 0 Å². The maximum absolute atomic E-state index is 11.8. The molecule has 0 spiro atoms. The minimum Gasteiger partial charge on any atom is -0.378 e. The monoisotopic (exact) mass is 352 g/mol. The summed E-state index contributed by atoms with van der Waals surface area (Å²) >= 11 is 0. The van der Waals surface area contributed by atoms with Crippen molar-refractivity contribution >= 4 is 5.91 Å². The lowest BCUT2D eigenvalue weighted by Crippen LogP contribution is -2.18. The quantitative estimate of drug-likeness (QED) is 0.695. The number of ether oxygens (including phenoxy) is 1. The Balaban J connectivity index is 1.73. The fourth-order valence-corrected chi connectivity index (χ4v) is 2.72. The lowest BCUT2D eigenvalue weighted by molar-refractivity contribution is 0.0995. The normalized spacial score (nSPS) is 10.8. The lowest BCUT2D eigenvalue weighted by atomic mass is 10.1. The minimum absolute atomic E-state index is 0.0298. The molecule has 3 rings (SSSR count). The second-order valence-corrected chi connectivity index (χ2v) is 5.97. The van der Waals surface area contributed by atoms with Crippen molar-refractivity contribution in [2.75, 3.05) is 7.11 Å². The molecule has 0 aliphatic rings. The molecule has 0 fully saturated rings.